The molecular formula is C32H41N3O6SSi. The van der Waals surface area contributed by atoms with Crippen LogP contribution in [0.15, 0.2) is 59.2 Å². The molecule has 9 nitrogen and oxygen atoms in total. The molecule has 0 N–H and O–H groups in total. The summed E-state index contributed by atoms with van der Waals surface area (Å²) in [5.74, 6) is 0.493. The molecule has 0 bridgehead atoms. The Morgan fingerprint density at radius 2 is 1.63 bits per heavy atom. The van der Waals surface area contributed by atoms with E-state index >= 15 is 0 Å². The topological polar surface area (TPSA) is 109 Å². The molecule has 2 heterocycles. The Kier molecular flexibility index (Phi) is 8.31. The summed E-state index contributed by atoms with van der Waals surface area (Å²) >= 11 is 0. The van der Waals surface area contributed by atoms with Crippen LogP contribution in [0.1, 0.15) is 53.5 Å². The van der Waals surface area contributed by atoms with Gasteiger partial charge in [-0.05, 0) is 47.0 Å². The number of allylic oxidation sites excluding steroid dienone is 1. The Labute approximate surface area is 256 Å². The highest BCUT2D eigenvalue weighted by Crippen LogP contribution is 2.54. The van der Waals surface area contributed by atoms with Crippen LogP contribution in [0.5, 0.6) is 5.75 Å². The fourth-order valence-corrected chi connectivity index (χ4v) is 14.6. The summed E-state index contributed by atoms with van der Waals surface area (Å²) < 4.78 is 48.5. The zero-order chi connectivity index (χ0) is 31.3. The Morgan fingerprint density at radius 3 is 2.16 bits per heavy atom. The number of ether oxygens (including phenoxy) is 2. The lowest BCUT2D eigenvalue weighted by Crippen LogP contribution is -2.58. The van der Waals surface area contributed by atoms with E-state index in [1.165, 1.54) is 28.4 Å². The van der Waals surface area contributed by atoms with Crippen LogP contribution in [0.25, 0.3) is 5.57 Å². The average Bonchev–Trinajstić information content (AvgIpc) is 3.56. The molecule has 2 aliphatic heterocycles. The lowest BCUT2D eigenvalue weighted by molar-refractivity contribution is 0.133. The van der Waals surface area contributed by atoms with Gasteiger partial charge in [-0.15, -0.1) is 0 Å². The number of fused-ring (bicyclic) bond motifs is 3. The van der Waals surface area contributed by atoms with Crippen LogP contribution in [0.2, 0.25) is 16.6 Å². The molecule has 0 spiro atoms. The van der Waals surface area contributed by atoms with Crippen molar-refractivity contribution in [3.05, 3.63) is 59.9 Å². The van der Waals surface area contributed by atoms with Gasteiger partial charge in [0.25, 0.3) is 18.3 Å². The van der Waals surface area contributed by atoms with Crippen LogP contribution in [-0.2, 0) is 19.2 Å². The quantitative estimate of drug-likeness (QED) is 0.292. The Bertz CT molecular complexity index is 1540. The van der Waals surface area contributed by atoms with Crippen molar-refractivity contribution in [2.24, 2.45) is 5.92 Å². The van der Waals surface area contributed by atoms with E-state index < -0.39 is 42.4 Å². The van der Waals surface area contributed by atoms with Gasteiger partial charge in [0.15, 0.2) is 0 Å². The molecule has 5 rings (SSSR count). The number of nitriles is 1. The highest BCUT2D eigenvalue weighted by molar-refractivity contribution is 7.93. The second-order valence-electron chi connectivity index (χ2n) is 12.4. The summed E-state index contributed by atoms with van der Waals surface area (Å²) in [5, 5.41) is 10.6. The first-order valence-corrected chi connectivity index (χ1v) is 18.5. The van der Waals surface area contributed by atoms with Gasteiger partial charge in [-0.3, -0.25) is 9.21 Å². The Balaban J connectivity index is 1.79. The number of para-hydroxylation sites is 1. The zero-order valence-corrected chi connectivity index (χ0v) is 27.7. The lowest BCUT2D eigenvalue weighted by atomic mass is 9.79. The van der Waals surface area contributed by atoms with E-state index in [2.05, 4.69) is 47.6 Å². The first-order chi connectivity index (χ1) is 20.4. The summed E-state index contributed by atoms with van der Waals surface area (Å²) in [6.45, 7) is 13.7. The van der Waals surface area contributed by atoms with Crippen LogP contribution < -0.4 is 9.04 Å². The van der Waals surface area contributed by atoms with Crippen LogP contribution in [0.4, 0.5) is 10.5 Å². The number of carbonyl (C=O) groups is 1. The minimum absolute atomic E-state index is 0.0870. The van der Waals surface area contributed by atoms with E-state index in [-0.39, 0.29) is 41.1 Å². The molecule has 1 aliphatic carbocycles. The van der Waals surface area contributed by atoms with Gasteiger partial charge in [-0.2, -0.15) is 5.26 Å². The normalized spacial score (nSPS) is 22.2. The predicted molar refractivity (Wildman–Crippen MR) is 168 cm³/mol. The standard InChI is InChI=1S/C32H41N3O6SSi/c1-20(2)43(21(3)4,22(5)6)41-28-18-23(19-33)30(34-16-17-40-32(34)36)31-29(28)26-10-8-9-11-27(26)35(31)42(37,38)25-14-12-24(39-7)13-15-25/h8-15,20-23,30-31H,16-18H2,1-7H3/t23-,30-,31-/m1/s1. The van der Waals surface area contributed by atoms with Crippen LogP contribution in [-0.4, -0.2) is 60.1 Å². The largest absolute Gasteiger partial charge is 0.545 e. The van der Waals surface area contributed by atoms with Gasteiger partial charge in [-0.25, -0.2) is 13.2 Å². The van der Waals surface area contributed by atoms with Crippen LogP contribution in [0, 0.1) is 17.2 Å². The number of anilines is 1. The van der Waals surface area contributed by atoms with E-state index in [1.54, 1.807) is 18.2 Å². The lowest BCUT2D eigenvalue weighted by Gasteiger charge is -2.47. The summed E-state index contributed by atoms with van der Waals surface area (Å²) in [4.78, 5) is 14.7. The Hall–Kier alpha value is -3.49. The van der Waals surface area contributed by atoms with E-state index in [0.29, 0.717) is 17.2 Å². The number of methoxy groups -OCH3 is 1. The molecule has 2 aromatic rings. The minimum atomic E-state index is -4.16. The van der Waals surface area contributed by atoms with Crippen LogP contribution >= 0.6 is 0 Å². The van der Waals surface area contributed by atoms with E-state index in [1.807, 2.05) is 18.2 Å². The van der Waals surface area contributed by atoms with Crippen molar-refractivity contribution in [3.63, 3.8) is 0 Å². The second-order valence-corrected chi connectivity index (χ2v) is 19.6. The molecule has 1 amide bonds. The van der Waals surface area contributed by atoms with Crippen LogP contribution in [0.3, 0.4) is 0 Å². The Morgan fingerprint density at radius 1 is 1.00 bits per heavy atom. The number of carbonyl (C=O) groups excluding carboxylic acids is 1. The average molecular weight is 624 g/mol. The highest BCUT2D eigenvalue weighted by atomic mass is 32.2. The molecule has 0 aromatic heterocycles. The van der Waals surface area contributed by atoms with Crippen molar-refractivity contribution in [2.45, 2.75) is 81.6 Å². The second kappa shape index (κ2) is 11.5. The molecule has 1 saturated heterocycles. The summed E-state index contributed by atoms with van der Waals surface area (Å²) in [6.07, 6.45) is -0.260. The first kappa shape index (κ1) is 30.9. The number of nitrogens with zero attached hydrogens (tertiary/aromatic N) is 3. The maximum absolute atomic E-state index is 14.6. The van der Waals surface area contributed by atoms with Gasteiger partial charge < -0.3 is 13.9 Å². The summed E-state index contributed by atoms with van der Waals surface area (Å²) in [6, 6.07) is 14.5. The number of rotatable bonds is 9. The van der Waals surface area contributed by atoms with Crippen molar-refractivity contribution in [2.75, 3.05) is 24.6 Å². The molecule has 3 aliphatic rings. The van der Waals surface area contributed by atoms with Gasteiger partial charge in [0.1, 0.15) is 12.4 Å². The molecule has 230 valence electrons. The van der Waals surface area contributed by atoms with Crippen molar-refractivity contribution >= 4 is 35.7 Å². The van der Waals surface area contributed by atoms with Gasteiger partial charge in [0.2, 0.25) is 0 Å². The third kappa shape index (κ3) is 4.88. The molecule has 0 radical (unpaired) electrons. The fourth-order valence-electron chi connectivity index (χ4n) is 7.58. The minimum Gasteiger partial charge on any atom is -0.545 e. The molecule has 0 saturated carbocycles. The van der Waals surface area contributed by atoms with Gasteiger partial charge in [-0.1, -0.05) is 59.7 Å². The maximum Gasteiger partial charge on any atom is 0.410 e. The number of sulfonamides is 1. The smallest absolute Gasteiger partial charge is 0.410 e. The number of benzene rings is 2. The number of amides is 1. The van der Waals surface area contributed by atoms with Crippen molar-refractivity contribution < 1.29 is 27.1 Å². The van der Waals surface area contributed by atoms with Gasteiger partial charge in [0.05, 0.1) is 54.1 Å². The molecule has 2 aromatic carbocycles. The van der Waals surface area contributed by atoms with Crippen molar-refractivity contribution in [1.82, 2.24) is 4.90 Å². The summed E-state index contributed by atoms with van der Waals surface area (Å²) in [7, 11) is -5.14. The molecule has 3 atom stereocenters. The van der Waals surface area contributed by atoms with Gasteiger partial charge >= 0.3 is 6.09 Å². The zero-order valence-electron chi connectivity index (χ0n) is 25.9. The number of hydrogen-bond donors (Lipinski definition) is 0. The van der Waals surface area contributed by atoms with E-state index in [4.69, 9.17) is 13.9 Å². The monoisotopic (exact) mass is 623 g/mol. The maximum atomic E-state index is 14.6. The third-order valence-electron chi connectivity index (χ3n) is 9.36. The SMILES string of the molecule is COc1ccc(S(=O)(=O)N2c3ccccc3C3=C(O[Si](C(C)C)(C(C)C)C(C)C)C[C@H](C#N)[C@@H](N4CCOC4=O)[C@@H]32)cc1. The predicted octanol–water partition coefficient (Wildman–Crippen LogP) is 6.54. The van der Waals surface area contributed by atoms with E-state index in [9.17, 15) is 18.5 Å². The fraction of sp³-hybridized carbons (Fsp3) is 0.500. The summed E-state index contributed by atoms with van der Waals surface area (Å²) in [5.41, 5.74) is 2.78. The number of cyclic esters (lactones) is 1. The van der Waals surface area contributed by atoms with Crippen molar-refractivity contribution in [3.8, 4) is 11.8 Å². The molecule has 1 fully saturated rings. The van der Waals surface area contributed by atoms with Gasteiger partial charge in [0, 0.05) is 17.6 Å². The van der Waals surface area contributed by atoms with E-state index in [0.717, 1.165) is 11.1 Å². The molecule has 11 heteroatoms. The first-order valence-electron chi connectivity index (χ1n) is 14.9. The number of hydrogen-bond acceptors (Lipinski definition) is 7. The molecule has 0 unspecified atom stereocenters. The van der Waals surface area contributed by atoms with Crippen molar-refractivity contribution in [1.29, 1.82) is 5.26 Å². The molecular weight excluding hydrogens is 583 g/mol. The highest BCUT2D eigenvalue weighted by Gasteiger charge is 2.57. The molecule has 43 heavy (non-hydrogen) atoms. The third-order valence-corrected chi connectivity index (χ3v) is 17.2.